The van der Waals surface area contributed by atoms with Crippen LogP contribution in [0.4, 0.5) is 17.1 Å². The highest BCUT2D eigenvalue weighted by atomic mass is 32.2. The number of anilines is 3. The molecule has 0 amide bonds. The van der Waals surface area contributed by atoms with E-state index in [-0.39, 0.29) is 0 Å². The lowest BCUT2D eigenvalue weighted by molar-refractivity contribution is 1.28. The zero-order valence-electron chi connectivity index (χ0n) is 28.9. The molecule has 0 atom stereocenters. The van der Waals surface area contributed by atoms with Crippen molar-refractivity contribution in [2.45, 2.75) is 9.79 Å². The van der Waals surface area contributed by atoms with E-state index in [4.69, 9.17) is 0 Å². The number of benzene rings is 9. The first-order valence-corrected chi connectivity index (χ1v) is 21.1. The van der Waals surface area contributed by atoms with Crippen LogP contribution in [0.3, 0.4) is 0 Å². The Kier molecular flexibility index (Phi) is 6.88. The molecule has 0 saturated heterocycles. The van der Waals surface area contributed by atoms with E-state index in [1.807, 2.05) is 11.8 Å². The van der Waals surface area contributed by atoms with Crippen molar-refractivity contribution in [2.75, 3.05) is 4.90 Å². The summed E-state index contributed by atoms with van der Waals surface area (Å²) in [4.78, 5) is 5.19. The zero-order valence-corrected chi connectivity index (χ0v) is 30.7. The molecule has 53 heavy (non-hydrogen) atoms. The molecule has 1 spiro atoms. The fourth-order valence-electron chi connectivity index (χ4n) is 9.00. The number of hydrogen-bond acceptors (Lipinski definition) is 2. The molecular formula is C50H33NSSi. The fraction of sp³-hybridized carbons (Fsp3) is 0. The molecule has 0 aromatic heterocycles. The van der Waals surface area contributed by atoms with Crippen LogP contribution in [-0.2, 0) is 0 Å². The fourth-order valence-corrected chi connectivity index (χ4v) is 16.4. The summed E-state index contributed by atoms with van der Waals surface area (Å²) in [5.41, 5.74) is 8.64. The van der Waals surface area contributed by atoms with Crippen LogP contribution >= 0.6 is 11.8 Å². The first-order valence-electron chi connectivity index (χ1n) is 18.3. The predicted molar refractivity (Wildman–Crippen MR) is 228 cm³/mol. The Morgan fingerprint density at radius 3 is 1.68 bits per heavy atom. The molecule has 1 nitrogen and oxygen atoms in total. The average Bonchev–Trinajstić information content (AvgIpc) is 3.52. The van der Waals surface area contributed by atoms with E-state index >= 15 is 0 Å². The Balaban J connectivity index is 1.16. The second kappa shape index (κ2) is 12.0. The maximum Gasteiger partial charge on any atom is 0.183 e. The van der Waals surface area contributed by atoms with Crippen molar-refractivity contribution in [1.29, 1.82) is 0 Å². The second-order valence-corrected chi connectivity index (χ2v) is 18.8. The molecule has 3 heteroatoms. The van der Waals surface area contributed by atoms with Crippen molar-refractivity contribution in [3.05, 3.63) is 200 Å². The van der Waals surface area contributed by atoms with Gasteiger partial charge in [0.15, 0.2) is 8.07 Å². The number of rotatable bonds is 4. The minimum atomic E-state index is -2.66. The Hall–Kier alpha value is -6.13. The molecule has 0 radical (unpaired) electrons. The molecule has 0 fully saturated rings. The van der Waals surface area contributed by atoms with E-state index in [0.29, 0.717) is 0 Å². The summed E-state index contributed by atoms with van der Waals surface area (Å²) in [5.74, 6) is 0. The lowest BCUT2D eigenvalue weighted by Crippen LogP contribution is -2.74. The Labute approximate surface area is 314 Å². The predicted octanol–water partition coefficient (Wildman–Crippen LogP) is 11.0. The minimum absolute atomic E-state index is 1.14. The topological polar surface area (TPSA) is 3.24 Å². The molecular weight excluding hydrogens is 675 g/mol. The molecule has 0 unspecified atom stereocenters. The van der Waals surface area contributed by atoms with E-state index in [2.05, 4.69) is 205 Å². The van der Waals surface area contributed by atoms with Crippen LogP contribution in [0.2, 0.25) is 0 Å². The third kappa shape index (κ3) is 4.58. The largest absolute Gasteiger partial charge is 0.310 e. The summed E-state index contributed by atoms with van der Waals surface area (Å²) in [6, 6.07) is 74.8. The average molecular weight is 708 g/mol. The van der Waals surface area contributed by atoms with Crippen LogP contribution < -0.4 is 25.6 Å². The Morgan fingerprint density at radius 2 is 0.887 bits per heavy atom. The van der Waals surface area contributed by atoms with Gasteiger partial charge >= 0.3 is 0 Å². The highest BCUT2D eigenvalue weighted by Gasteiger charge is 2.52. The van der Waals surface area contributed by atoms with Gasteiger partial charge in [-0.2, -0.15) is 0 Å². The van der Waals surface area contributed by atoms with E-state index in [0.717, 1.165) is 11.4 Å². The molecule has 2 aliphatic rings. The summed E-state index contributed by atoms with van der Waals surface area (Å²) in [5, 5.41) is 11.0. The van der Waals surface area contributed by atoms with Gasteiger partial charge in [-0.25, -0.2) is 0 Å². The highest BCUT2D eigenvalue weighted by molar-refractivity contribution is 8.00. The second-order valence-electron chi connectivity index (χ2n) is 14.1. The highest BCUT2D eigenvalue weighted by Crippen LogP contribution is 2.42. The van der Waals surface area contributed by atoms with E-state index in [1.54, 1.807) is 0 Å². The van der Waals surface area contributed by atoms with Crippen molar-refractivity contribution < 1.29 is 0 Å². The molecule has 248 valence electrons. The smallest absolute Gasteiger partial charge is 0.183 e. The normalized spacial score (nSPS) is 13.4. The summed E-state index contributed by atoms with van der Waals surface area (Å²) >= 11 is 1.92. The molecule has 0 bridgehead atoms. The SMILES string of the molecule is c1ccc(-c2ccc(N(c3ccc4c(c3)[Si]3(c5ccccc5S4)c4ccccc4-c4ccccc43)c3ccc4c(ccc5ccccc54)c3)cc2)cc1. The molecule has 0 saturated carbocycles. The Bertz CT molecular complexity index is 2830. The quantitative estimate of drug-likeness (QED) is 0.132. The monoisotopic (exact) mass is 707 g/mol. The van der Waals surface area contributed by atoms with Gasteiger partial charge in [0.2, 0.25) is 0 Å². The van der Waals surface area contributed by atoms with E-state index in [1.165, 1.54) is 80.0 Å². The van der Waals surface area contributed by atoms with Crippen LogP contribution in [0.1, 0.15) is 0 Å². The molecule has 2 heterocycles. The van der Waals surface area contributed by atoms with Gasteiger partial charge in [0.1, 0.15) is 0 Å². The minimum Gasteiger partial charge on any atom is -0.310 e. The van der Waals surface area contributed by atoms with Gasteiger partial charge < -0.3 is 4.90 Å². The van der Waals surface area contributed by atoms with Gasteiger partial charge in [-0.3, -0.25) is 0 Å². The molecule has 0 N–H and O–H groups in total. The van der Waals surface area contributed by atoms with Gasteiger partial charge in [-0.15, -0.1) is 0 Å². The summed E-state index contributed by atoms with van der Waals surface area (Å²) in [6.45, 7) is 0. The standard InChI is InChI=1S/C50H33NSSi/c1-2-12-34(13-3-1)35-24-26-38(27-25-35)51(39-28-30-42-37(32-39)23-22-36-14-4-5-15-41(36)42)40-29-31-46-50(33-40)53(49-21-11-8-18-45(49)52-46)47-19-9-6-16-43(47)44-17-7-10-20-48(44)53/h1-33H. The van der Waals surface area contributed by atoms with Gasteiger partial charge in [0, 0.05) is 26.9 Å². The number of nitrogens with zero attached hydrogens (tertiary/aromatic N) is 1. The van der Waals surface area contributed by atoms with Crippen molar-refractivity contribution in [2.24, 2.45) is 0 Å². The van der Waals surface area contributed by atoms with Crippen molar-refractivity contribution in [1.82, 2.24) is 0 Å². The van der Waals surface area contributed by atoms with E-state index in [9.17, 15) is 0 Å². The number of fused-ring (bicyclic) bond motifs is 12. The molecule has 0 aliphatic carbocycles. The van der Waals surface area contributed by atoms with Crippen LogP contribution in [0.25, 0.3) is 43.8 Å². The number of hydrogen-bond donors (Lipinski definition) is 0. The lowest BCUT2D eigenvalue weighted by atomic mass is 10.0. The molecule has 2 aliphatic heterocycles. The van der Waals surface area contributed by atoms with Crippen LogP contribution in [0.5, 0.6) is 0 Å². The summed E-state index contributed by atoms with van der Waals surface area (Å²) < 4.78 is 0. The van der Waals surface area contributed by atoms with Crippen molar-refractivity contribution in [3.8, 4) is 22.3 Å². The van der Waals surface area contributed by atoms with Crippen LogP contribution in [0.15, 0.2) is 210 Å². The van der Waals surface area contributed by atoms with Crippen LogP contribution in [0, 0.1) is 0 Å². The maximum absolute atomic E-state index is 2.66. The molecule has 11 rings (SSSR count). The zero-order chi connectivity index (χ0) is 34.9. The van der Waals surface area contributed by atoms with Gasteiger partial charge in [-0.05, 0) is 113 Å². The van der Waals surface area contributed by atoms with Crippen molar-refractivity contribution in [3.63, 3.8) is 0 Å². The first-order chi connectivity index (χ1) is 26.3. The maximum atomic E-state index is 2.54. The third-order valence-electron chi connectivity index (χ3n) is 11.3. The Morgan fingerprint density at radius 1 is 0.340 bits per heavy atom. The van der Waals surface area contributed by atoms with Gasteiger partial charge in [0.25, 0.3) is 0 Å². The van der Waals surface area contributed by atoms with Crippen molar-refractivity contribution >= 4 is 79.2 Å². The summed E-state index contributed by atoms with van der Waals surface area (Å²) in [7, 11) is -2.66. The van der Waals surface area contributed by atoms with Gasteiger partial charge in [-0.1, -0.05) is 163 Å². The lowest BCUT2D eigenvalue weighted by Gasteiger charge is -2.38. The third-order valence-corrected chi connectivity index (χ3v) is 17.8. The van der Waals surface area contributed by atoms with Gasteiger partial charge in [0.05, 0.1) is 0 Å². The molecule has 9 aromatic carbocycles. The van der Waals surface area contributed by atoms with Crippen LogP contribution in [-0.4, -0.2) is 8.07 Å². The first kappa shape index (κ1) is 30.5. The molecule has 9 aromatic rings. The van der Waals surface area contributed by atoms with E-state index < -0.39 is 8.07 Å². The summed E-state index contributed by atoms with van der Waals surface area (Å²) in [6.07, 6.45) is 0.